The lowest BCUT2D eigenvalue weighted by molar-refractivity contribution is 0.628. The first-order valence-electron chi connectivity index (χ1n) is 4.10. The molecule has 0 unspecified atom stereocenters. The van der Waals surface area contributed by atoms with E-state index in [0.717, 1.165) is 0 Å². The van der Waals surface area contributed by atoms with Gasteiger partial charge >= 0.3 is 0 Å². The van der Waals surface area contributed by atoms with Crippen LogP contribution in [0.4, 0.5) is 4.39 Å². The van der Waals surface area contributed by atoms with Crippen LogP contribution in [0.25, 0.3) is 11.3 Å². The third kappa shape index (κ3) is 2.25. The molecule has 0 N–H and O–H groups in total. The van der Waals surface area contributed by atoms with Crippen molar-refractivity contribution in [1.29, 1.82) is 0 Å². The molecular weight excluding hydrogens is 238 g/mol. The molecule has 76 valence electrons. The molecule has 0 saturated carbocycles. The van der Waals surface area contributed by atoms with E-state index < -0.39 is 5.82 Å². The maximum absolute atomic E-state index is 13.2. The molecule has 1 heterocycles. The zero-order chi connectivity index (χ0) is 10.8. The van der Waals surface area contributed by atoms with Gasteiger partial charge in [-0.3, -0.25) is 0 Å². The molecule has 0 atom stereocenters. The van der Waals surface area contributed by atoms with Gasteiger partial charge in [0, 0.05) is 11.6 Å². The Labute approximate surface area is 95.7 Å². The third-order valence-electron chi connectivity index (χ3n) is 1.85. The van der Waals surface area contributed by atoms with E-state index in [1.54, 1.807) is 12.1 Å². The third-order valence-corrected chi connectivity index (χ3v) is 2.36. The van der Waals surface area contributed by atoms with Crippen LogP contribution in [0.15, 0.2) is 30.6 Å². The van der Waals surface area contributed by atoms with Gasteiger partial charge in [0.15, 0.2) is 0 Å². The normalized spacial score (nSPS) is 10.3. The maximum Gasteiger partial charge on any atom is 0.142 e. The van der Waals surface area contributed by atoms with Crippen molar-refractivity contribution in [2.45, 2.75) is 0 Å². The molecule has 1 aromatic carbocycles. The Morgan fingerprint density at radius 3 is 2.53 bits per heavy atom. The van der Waals surface area contributed by atoms with Gasteiger partial charge in [0.2, 0.25) is 0 Å². The Kier molecular flexibility index (Phi) is 2.84. The first-order valence-corrected chi connectivity index (χ1v) is 4.85. The summed E-state index contributed by atoms with van der Waals surface area (Å²) >= 11 is 11.3. The summed E-state index contributed by atoms with van der Waals surface area (Å²) in [5.74, 6) is -0.482. The minimum Gasteiger partial charge on any atom is -0.236 e. The molecule has 2 nitrogen and oxygen atoms in total. The summed E-state index contributed by atoms with van der Waals surface area (Å²) in [5.41, 5.74) is 1.17. The lowest BCUT2D eigenvalue weighted by Gasteiger charge is -2.01. The molecule has 0 aliphatic carbocycles. The molecule has 0 fully saturated rings. The van der Waals surface area contributed by atoms with E-state index >= 15 is 0 Å². The highest BCUT2D eigenvalue weighted by Crippen LogP contribution is 2.23. The van der Waals surface area contributed by atoms with Crippen LogP contribution >= 0.6 is 23.2 Å². The molecule has 0 radical (unpaired) electrons. The second-order valence-electron chi connectivity index (χ2n) is 2.85. The van der Waals surface area contributed by atoms with E-state index in [2.05, 4.69) is 9.97 Å². The molecule has 0 amide bonds. The van der Waals surface area contributed by atoms with E-state index in [4.69, 9.17) is 23.2 Å². The van der Waals surface area contributed by atoms with Gasteiger partial charge in [0.1, 0.15) is 17.3 Å². The number of aromatic nitrogens is 2. The molecule has 15 heavy (non-hydrogen) atoms. The fourth-order valence-corrected chi connectivity index (χ4v) is 1.41. The van der Waals surface area contributed by atoms with Crippen molar-refractivity contribution in [1.82, 2.24) is 9.97 Å². The number of hydrogen-bond donors (Lipinski definition) is 0. The van der Waals surface area contributed by atoms with Crippen molar-refractivity contribution < 1.29 is 4.39 Å². The monoisotopic (exact) mass is 242 g/mol. The van der Waals surface area contributed by atoms with Gasteiger partial charge in [-0.1, -0.05) is 29.3 Å². The van der Waals surface area contributed by atoms with Crippen molar-refractivity contribution >= 4 is 23.2 Å². The van der Waals surface area contributed by atoms with Crippen molar-refractivity contribution in [2.24, 2.45) is 0 Å². The predicted octanol–water partition coefficient (Wildman–Crippen LogP) is 3.59. The maximum atomic E-state index is 13.2. The summed E-state index contributed by atoms with van der Waals surface area (Å²) in [4.78, 5) is 7.72. The van der Waals surface area contributed by atoms with Crippen molar-refractivity contribution in [2.75, 3.05) is 0 Å². The number of benzene rings is 1. The quantitative estimate of drug-likeness (QED) is 0.715. The summed E-state index contributed by atoms with van der Waals surface area (Å²) in [6, 6.07) is 6.01. The largest absolute Gasteiger partial charge is 0.236 e. The zero-order valence-electron chi connectivity index (χ0n) is 7.42. The van der Waals surface area contributed by atoms with Gasteiger partial charge < -0.3 is 0 Å². The smallest absolute Gasteiger partial charge is 0.142 e. The Hall–Kier alpha value is -1.19. The van der Waals surface area contributed by atoms with Crippen LogP contribution in [-0.2, 0) is 0 Å². The summed E-state index contributed by atoms with van der Waals surface area (Å²) in [5, 5.41) is 0.397. The van der Waals surface area contributed by atoms with Crippen molar-refractivity contribution in [3.63, 3.8) is 0 Å². The second-order valence-corrected chi connectivity index (χ2v) is 3.65. The molecule has 0 saturated heterocycles. The molecule has 0 spiro atoms. The highest BCUT2D eigenvalue weighted by atomic mass is 35.5. The Morgan fingerprint density at radius 1 is 1.07 bits per heavy atom. The summed E-state index contributed by atoms with van der Waals surface area (Å²) in [6.07, 6.45) is 1.32. The predicted molar refractivity (Wildman–Crippen MR) is 57.4 cm³/mol. The Balaban J connectivity index is 2.50. The van der Waals surface area contributed by atoms with Crippen LogP contribution in [0.5, 0.6) is 0 Å². The second kappa shape index (κ2) is 4.13. The topological polar surface area (TPSA) is 25.8 Å². The van der Waals surface area contributed by atoms with Gasteiger partial charge in [0.05, 0.1) is 10.7 Å². The molecular formula is C10H5Cl2FN2. The van der Waals surface area contributed by atoms with Gasteiger partial charge in [-0.15, -0.1) is 0 Å². The Morgan fingerprint density at radius 2 is 1.87 bits per heavy atom. The average Bonchev–Trinajstić information content (AvgIpc) is 2.22. The number of hydrogen-bond acceptors (Lipinski definition) is 2. The highest BCUT2D eigenvalue weighted by molar-refractivity contribution is 6.30. The summed E-state index contributed by atoms with van der Waals surface area (Å²) in [6.45, 7) is 0. The van der Waals surface area contributed by atoms with Crippen LogP contribution in [-0.4, -0.2) is 9.97 Å². The summed E-state index contributed by atoms with van der Waals surface area (Å²) < 4.78 is 13.2. The average molecular weight is 243 g/mol. The van der Waals surface area contributed by atoms with E-state index in [1.165, 1.54) is 18.5 Å². The molecule has 1 aromatic heterocycles. The van der Waals surface area contributed by atoms with Crippen molar-refractivity contribution in [3.8, 4) is 11.3 Å². The number of halogens is 3. The van der Waals surface area contributed by atoms with Crippen LogP contribution in [0.3, 0.4) is 0 Å². The minimum absolute atomic E-state index is 0.0823. The number of nitrogens with zero attached hydrogens (tertiary/aromatic N) is 2. The van der Waals surface area contributed by atoms with Crippen LogP contribution in [0.1, 0.15) is 0 Å². The standard InChI is InChI=1S/C10H5Cl2FN2/c11-7-2-1-6(3-8(7)13)9-4-10(12)15-5-14-9/h1-5H. The van der Waals surface area contributed by atoms with E-state index in [0.29, 0.717) is 16.4 Å². The molecule has 5 heteroatoms. The summed E-state index contributed by atoms with van der Waals surface area (Å²) in [7, 11) is 0. The van der Waals surface area contributed by atoms with Crippen LogP contribution in [0, 0.1) is 5.82 Å². The van der Waals surface area contributed by atoms with E-state index in [-0.39, 0.29) is 5.02 Å². The highest BCUT2D eigenvalue weighted by Gasteiger charge is 2.04. The molecule has 0 bridgehead atoms. The Bertz CT molecular complexity index is 503. The minimum atomic E-state index is -0.482. The van der Waals surface area contributed by atoms with Crippen molar-refractivity contribution in [3.05, 3.63) is 46.6 Å². The van der Waals surface area contributed by atoms with Gasteiger partial charge in [-0.25, -0.2) is 14.4 Å². The lowest BCUT2D eigenvalue weighted by Crippen LogP contribution is -1.87. The molecule has 2 rings (SSSR count). The van der Waals surface area contributed by atoms with Crippen LogP contribution < -0.4 is 0 Å². The molecule has 0 aliphatic heterocycles. The van der Waals surface area contributed by atoms with E-state index in [1.807, 2.05) is 0 Å². The molecule has 0 aliphatic rings. The van der Waals surface area contributed by atoms with Gasteiger partial charge in [0.25, 0.3) is 0 Å². The van der Waals surface area contributed by atoms with Gasteiger partial charge in [-0.05, 0) is 12.1 Å². The zero-order valence-corrected chi connectivity index (χ0v) is 8.93. The fourth-order valence-electron chi connectivity index (χ4n) is 1.15. The van der Waals surface area contributed by atoms with Crippen LogP contribution in [0.2, 0.25) is 10.2 Å². The van der Waals surface area contributed by atoms with E-state index in [9.17, 15) is 4.39 Å². The SMILES string of the molecule is Fc1cc(-c2cc(Cl)ncn2)ccc1Cl. The first kappa shape index (κ1) is 10.3. The molecule has 2 aromatic rings. The lowest BCUT2D eigenvalue weighted by atomic mass is 10.1. The fraction of sp³-hybridized carbons (Fsp3) is 0. The first-order chi connectivity index (χ1) is 7.16. The van der Waals surface area contributed by atoms with Gasteiger partial charge in [-0.2, -0.15) is 0 Å². The number of rotatable bonds is 1.